The molecule has 0 saturated carbocycles. The van der Waals surface area contributed by atoms with Crippen LogP contribution in [0, 0.1) is 0 Å². The van der Waals surface area contributed by atoms with Crippen molar-refractivity contribution in [2.45, 2.75) is 26.0 Å². The summed E-state index contributed by atoms with van der Waals surface area (Å²) in [4.78, 5) is 24.2. The third-order valence-corrected chi connectivity index (χ3v) is 4.41. The molecule has 0 spiro atoms. The van der Waals surface area contributed by atoms with Crippen LogP contribution >= 0.6 is 11.6 Å². The first kappa shape index (κ1) is 22.3. The van der Waals surface area contributed by atoms with E-state index in [4.69, 9.17) is 25.8 Å². The number of carbonyl (C=O) groups excluding carboxylic acids is 2. The Kier molecular flexibility index (Phi) is 8.55. The first-order valence-corrected chi connectivity index (χ1v) is 9.43. The fourth-order valence-corrected chi connectivity index (χ4v) is 2.72. The fourth-order valence-electron chi connectivity index (χ4n) is 2.51. The molecule has 0 unspecified atom stereocenters. The molecule has 0 fully saturated rings. The number of carbonyl (C=O) groups is 2. The molecule has 154 valence electrons. The van der Waals surface area contributed by atoms with Gasteiger partial charge in [0.1, 0.15) is 0 Å². The summed E-state index contributed by atoms with van der Waals surface area (Å²) in [5, 5.41) is 3.24. The zero-order valence-corrected chi connectivity index (χ0v) is 17.2. The first-order valence-electron chi connectivity index (χ1n) is 9.05. The van der Waals surface area contributed by atoms with Crippen molar-refractivity contribution in [3.63, 3.8) is 0 Å². The Morgan fingerprint density at radius 2 is 1.97 bits per heavy atom. The minimum Gasteiger partial charge on any atom is -0.493 e. The van der Waals surface area contributed by atoms with Crippen molar-refractivity contribution in [2.24, 2.45) is 0 Å². The zero-order valence-electron chi connectivity index (χ0n) is 16.4. The van der Waals surface area contributed by atoms with Gasteiger partial charge in [-0.1, -0.05) is 41.9 Å². The summed E-state index contributed by atoms with van der Waals surface area (Å²) in [6, 6.07) is 12.6. The number of benzene rings is 2. The van der Waals surface area contributed by atoms with Crippen molar-refractivity contribution in [1.82, 2.24) is 5.32 Å². The van der Waals surface area contributed by atoms with Gasteiger partial charge in [-0.25, -0.2) is 4.79 Å². The van der Waals surface area contributed by atoms with Crippen molar-refractivity contribution in [3.8, 4) is 11.5 Å². The number of amides is 1. The van der Waals surface area contributed by atoms with E-state index in [2.05, 4.69) is 11.9 Å². The van der Waals surface area contributed by atoms with E-state index in [0.717, 1.165) is 11.1 Å². The summed E-state index contributed by atoms with van der Waals surface area (Å²) in [6.45, 7) is 5.08. The second kappa shape index (κ2) is 11.1. The highest BCUT2D eigenvalue weighted by atomic mass is 35.5. The highest BCUT2D eigenvalue weighted by Gasteiger charge is 2.18. The number of rotatable bonds is 10. The van der Waals surface area contributed by atoms with E-state index in [-0.39, 0.29) is 13.2 Å². The molecule has 0 aliphatic carbocycles. The van der Waals surface area contributed by atoms with Gasteiger partial charge in [0, 0.05) is 11.6 Å². The molecule has 0 aliphatic heterocycles. The summed E-state index contributed by atoms with van der Waals surface area (Å²) in [5.41, 5.74) is 1.78. The van der Waals surface area contributed by atoms with Gasteiger partial charge in [-0.3, -0.25) is 4.79 Å². The normalized spacial score (nSPS) is 11.3. The van der Waals surface area contributed by atoms with Gasteiger partial charge in [0.05, 0.1) is 7.11 Å². The van der Waals surface area contributed by atoms with Crippen molar-refractivity contribution >= 4 is 23.5 Å². The van der Waals surface area contributed by atoms with Crippen LogP contribution in [0.15, 0.2) is 55.1 Å². The number of halogens is 1. The Hall–Kier alpha value is -2.99. The molecule has 1 atom stereocenters. The highest BCUT2D eigenvalue weighted by Crippen LogP contribution is 2.28. The van der Waals surface area contributed by atoms with Crippen molar-refractivity contribution in [1.29, 1.82) is 0 Å². The van der Waals surface area contributed by atoms with Gasteiger partial charge in [0.15, 0.2) is 24.2 Å². The number of ether oxygens (including phenoxy) is 3. The summed E-state index contributed by atoms with van der Waals surface area (Å²) in [6.07, 6.45) is 1.51. The van der Waals surface area contributed by atoms with Crippen LogP contribution in [0.1, 0.15) is 18.1 Å². The van der Waals surface area contributed by atoms with Gasteiger partial charge in [0.2, 0.25) is 0 Å². The van der Waals surface area contributed by atoms with Crippen LogP contribution in [-0.2, 0) is 27.3 Å². The van der Waals surface area contributed by atoms with Crippen molar-refractivity contribution in [2.75, 3.05) is 13.7 Å². The predicted molar refractivity (Wildman–Crippen MR) is 111 cm³/mol. The molecule has 2 aromatic rings. The third kappa shape index (κ3) is 6.84. The van der Waals surface area contributed by atoms with Gasteiger partial charge in [-0.15, -0.1) is 6.58 Å². The maximum absolute atomic E-state index is 12.1. The van der Waals surface area contributed by atoms with Crippen LogP contribution in [0.3, 0.4) is 0 Å². The van der Waals surface area contributed by atoms with Crippen LogP contribution in [0.5, 0.6) is 11.5 Å². The molecule has 6 nitrogen and oxygen atoms in total. The number of hydrogen-bond donors (Lipinski definition) is 1. The Morgan fingerprint density at radius 1 is 1.21 bits per heavy atom. The Balaban J connectivity index is 1.83. The number of nitrogens with one attached hydrogen (secondary N) is 1. The van der Waals surface area contributed by atoms with E-state index in [1.165, 1.54) is 14.0 Å². The first-order chi connectivity index (χ1) is 13.9. The Labute approximate surface area is 175 Å². The molecule has 0 radical (unpaired) electrons. The average molecular weight is 418 g/mol. The van der Waals surface area contributed by atoms with E-state index in [1.54, 1.807) is 30.3 Å². The van der Waals surface area contributed by atoms with Gasteiger partial charge >= 0.3 is 5.97 Å². The minimum absolute atomic E-state index is 0.241. The molecular weight excluding hydrogens is 394 g/mol. The van der Waals surface area contributed by atoms with Crippen LogP contribution in [0.25, 0.3) is 0 Å². The van der Waals surface area contributed by atoms with Crippen LogP contribution in [-0.4, -0.2) is 31.7 Å². The van der Waals surface area contributed by atoms with E-state index in [0.29, 0.717) is 22.9 Å². The molecule has 0 bridgehead atoms. The van der Waals surface area contributed by atoms with E-state index >= 15 is 0 Å². The smallest absolute Gasteiger partial charge is 0.344 e. The lowest BCUT2D eigenvalue weighted by Crippen LogP contribution is -2.36. The van der Waals surface area contributed by atoms with Crippen molar-refractivity contribution in [3.05, 3.63) is 71.3 Å². The molecule has 0 saturated heterocycles. The van der Waals surface area contributed by atoms with E-state index in [1.807, 2.05) is 18.2 Å². The third-order valence-electron chi connectivity index (χ3n) is 4.04. The molecule has 2 rings (SSSR count). The van der Waals surface area contributed by atoms with E-state index < -0.39 is 18.0 Å². The zero-order chi connectivity index (χ0) is 21.2. The predicted octanol–water partition coefficient (Wildman–Crippen LogP) is 3.70. The summed E-state index contributed by atoms with van der Waals surface area (Å²) in [7, 11) is 1.52. The number of hydrogen-bond acceptors (Lipinski definition) is 5. The van der Waals surface area contributed by atoms with Gasteiger partial charge in [0.25, 0.3) is 5.91 Å². The average Bonchev–Trinajstić information content (AvgIpc) is 2.72. The monoisotopic (exact) mass is 417 g/mol. The molecule has 7 heteroatoms. The highest BCUT2D eigenvalue weighted by molar-refractivity contribution is 6.31. The molecule has 1 N–H and O–H groups in total. The van der Waals surface area contributed by atoms with Gasteiger partial charge < -0.3 is 19.5 Å². The Morgan fingerprint density at radius 3 is 2.66 bits per heavy atom. The largest absolute Gasteiger partial charge is 0.493 e. The maximum atomic E-state index is 12.1. The lowest BCUT2D eigenvalue weighted by Gasteiger charge is -2.15. The summed E-state index contributed by atoms with van der Waals surface area (Å²) >= 11 is 6.05. The second-order valence-electron chi connectivity index (χ2n) is 6.21. The second-order valence-corrected chi connectivity index (χ2v) is 6.62. The molecule has 29 heavy (non-hydrogen) atoms. The maximum Gasteiger partial charge on any atom is 0.344 e. The lowest BCUT2D eigenvalue weighted by molar-refractivity contribution is -0.156. The molecule has 0 heterocycles. The van der Waals surface area contributed by atoms with Crippen LogP contribution in [0.2, 0.25) is 5.02 Å². The summed E-state index contributed by atoms with van der Waals surface area (Å²) in [5.74, 6) is -0.178. The summed E-state index contributed by atoms with van der Waals surface area (Å²) < 4.78 is 15.9. The molecule has 0 aliphatic rings. The van der Waals surface area contributed by atoms with Crippen LogP contribution in [0.4, 0.5) is 0 Å². The minimum atomic E-state index is -0.967. The Bertz CT molecular complexity index is 868. The number of esters is 1. The molecular formula is C22H24ClNO5. The fraction of sp³-hybridized carbons (Fsp3) is 0.273. The number of methoxy groups -OCH3 is 1. The molecule has 1 amide bonds. The van der Waals surface area contributed by atoms with Gasteiger partial charge in [-0.05, 0) is 42.7 Å². The quantitative estimate of drug-likeness (QED) is 0.471. The molecule has 2 aromatic carbocycles. The topological polar surface area (TPSA) is 73.9 Å². The number of allylic oxidation sites excluding steroid dienone is 1. The van der Waals surface area contributed by atoms with Crippen LogP contribution < -0.4 is 14.8 Å². The lowest BCUT2D eigenvalue weighted by atomic mass is 10.1. The SMILES string of the molecule is C=CCc1ccc(OCC(=O)O[C@@H](C)C(=O)NCc2ccccc2Cl)c(OC)c1. The van der Waals surface area contributed by atoms with E-state index in [9.17, 15) is 9.59 Å². The standard InChI is InChI=1S/C22H24ClNO5/c1-4-7-16-10-11-19(20(12-16)27-3)28-14-21(25)29-15(2)22(26)24-13-17-8-5-6-9-18(17)23/h4-6,8-12,15H,1,7,13-14H2,2-3H3,(H,24,26)/t15-/m0/s1. The van der Waals surface area contributed by atoms with Crippen molar-refractivity contribution < 1.29 is 23.8 Å². The van der Waals surface area contributed by atoms with Gasteiger partial charge in [-0.2, -0.15) is 0 Å². The molecule has 0 aromatic heterocycles.